The largest absolute Gasteiger partial charge is 0.364 e. The summed E-state index contributed by atoms with van der Waals surface area (Å²) in [7, 11) is 0. The molecule has 0 saturated carbocycles. The quantitative estimate of drug-likeness (QED) is 0.603. The van der Waals surface area contributed by atoms with Crippen LogP contribution in [0.1, 0.15) is 52.2 Å². The van der Waals surface area contributed by atoms with Crippen molar-refractivity contribution in [1.82, 2.24) is 9.38 Å². The Morgan fingerprint density at radius 1 is 0.923 bits per heavy atom. The van der Waals surface area contributed by atoms with Gasteiger partial charge in [-0.3, -0.25) is 4.40 Å². The highest BCUT2D eigenvalue weighted by Gasteiger charge is 2.28. The number of aromatic nitrogens is 2. The van der Waals surface area contributed by atoms with E-state index in [1.54, 1.807) is 0 Å². The minimum Gasteiger partial charge on any atom is -0.364 e. The lowest BCUT2D eigenvalue weighted by Gasteiger charge is -2.34. The zero-order valence-corrected chi connectivity index (χ0v) is 17.1. The summed E-state index contributed by atoms with van der Waals surface area (Å²) in [6.07, 6.45) is 3.18. The Bertz CT molecular complexity index is 909. The fourth-order valence-corrected chi connectivity index (χ4v) is 3.87. The topological polar surface area (TPSA) is 29.3 Å². The molecule has 1 N–H and O–H groups in total. The molecular formula is C23H31N3. The average molecular weight is 350 g/mol. The monoisotopic (exact) mass is 349 g/mol. The number of nitrogens with zero attached hydrogens (tertiary/aromatic N) is 2. The smallest absolute Gasteiger partial charge is 0.139 e. The molecule has 0 amide bonds. The highest BCUT2D eigenvalue weighted by Crippen LogP contribution is 2.35. The first-order valence-electron chi connectivity index (χ1n) is 9.38. The van der Waals surface area contributed by atoms with E-state index >= 15 is 0 Å². The average Bonchev–Trinajstić information content (AvgIpc) is 2.82. The van der Waals surface area contributed by atoms with E-state index in [1.165, 1.54) is 11.1 Å². The van der Waals surface area contributed by atoms with Crippen molar-refractivity contribution >= 4 is 11.5 Å². The third-order valence-electron chi connectivity index (χ3n) is 4.54. The van der Waals surface area contributed by atoms with E-state index in [9.17, 15) is 0 Å². The second-order valence-corrected chi connectivity index (χ2v) is 9.35. The second-order valence-electron chi connectivity index (χ2n) is 9.35. The number of rotatable bonds is 4. The van der Waals surface area contributed by atoms with E-state index in [-0.39, 0.29) is 11.0 Å². The SMILES string of the molecule is Cc1ccc(-c2nc3cc(C)ccn3c2NC(C)(C)CC(C)(C)C)cc1. The highest BCUT2D eigenvalue weighted by molar-refractivity contribution is 5.77. The van der Waals surface area contributed by atoms with Crippen molar-refractivity contribution in [1.29, 1.82) is 0 Å². The fourth-order valence-electron chi connectivity index (χ4n) is 3.87. The molecule has 2 heterocycles. The molecule has 138 valence electrons. The fraction of sp³-hybridized carbons (Fsp3) is 0.435. The summed E-state index contributed by atoms with van der Waals surface area (Å²) in [5.41, 5.74) is 5.82. The number of fused-ring (bicyclic) bond motifs is 1. The first-order valence-corrected chi connectivity index (χ1v) is 9.38. The third kappa shape index (κ3) is 4.09. The molecule has 0 saturated heterocycles. The minimum absolute atomic E-state index is 0.0431. The summed E-state index contributed by atoms with van der Waals surface area (Å²) in [6, 6.07) is 12.9. The summed E-state index contributed by atoms with van der Waals surface area (Å²) >= 11 is 0. The number of nitrogens with one attached hydrogen (secondary N) is 1. The molecule has 0 aliphatic rings. The Kier molecular flexibility index (Phi) is 4.60. The molecule has 0 atom stereocenters. The van der Waals surface area contributed by atoms with Crippen molar-refractivity contribution in [3.63, 3.8) is 0 Å². The van der Waals surface area contributed by atoms with Crippen molar-refractivity contribution < 1.29 is 0 Å². The lowest BCUT2D eigenvalue weighted by atomic mass is 9.82. The van der Waals surface area contributed by atoms with Gasteiger partial charge in [-0.1, -0.05) is 50.6 Å². The first kappa shape index (κ1) is 18.5. The Balaban J connectivity index is 2.12. The van der Waals surface area contributed by atoms with Crippen molar-refractivity contribution in [3.8, 4) is 11.3 Å². The summed E-state index contributed by atoms with van der Waals surface area (Å²) < 4.78 is 2.17. The molecule has 26 heavy (non-hydrogen) atoms. The number of benzene rings is 1. The molecule has 0 spiro atoms. The zero-order chi connectivity index (χ0) is 19.1. The van der Waals surface area contributed by atoms with Crippen LogP contribution in [-0.2, 0) is 0 Å². The first-order chi connectivity index (χ1) is 12.0. The van der Waals surface area contributed by atoms with Crippen molar-refractivity contribution in [2.24, 2.45) is 5.41 Å². The molecule has 3 aromatic rings. The predicted octanol–water partition coefficient (Wildman–Crippen LogP) is 6.24. The van der Waals surface area contributed by atoms with E-state index in [4.69, 9.17) is 4.98 Å². The van der Waals surface area contributed by atoms with Crippen LogP contribution in [0, 0.1) is 19.3 Å². The van der Waals surface area contributed by atoms with Crippen LogP contribution in [0.25, 0.3) is 16.9 Å². The van der Waals surface area contributed by atoms with Gasteiger partial charge in [0.15, 0.2) is 0 Å². The molecule has 3 nitrogen and oxygen atoms in total. The number of pyridine rings is 1. The van der Waals surface area contributed by atoms with Crippen LogP contribution in [0.3, 0.4) is 0 Å². The maximum atomic E-state index is 4.95. The number of imidazole rings is 1. The van der Waals surface area contributed by atoms with Gasteiger partial charge in [-0.25, -0.2) is 4.98 Å². The Morgan fingerprint density at radius 3 is 2.19 bits per heavy atom. The van der Waals surface area contributed by atoms with Crippen molar-refractivity contribution in [3.05, 3.63) is 53.7 Å². The molecule has 1 aromatic carbocycles. The standard InChI is InChI=1S/C23H31N3/c1-16-8-10-18(11-9-16)20-21(25-23(6,7)15-22(3,4)5)26-13-12-17(2)14-19(26)24-20/h8-14,25H,15H2,1-7H3. The zero-order valence-electron chi connectivity index (χ0n) is 17.1. The second kappa shape index (κ2) is 6.46. The van der Waals surface area contributed by atoms with Gasteiger partial charge in [0.2, 0.25) is 0 Å². The van der Waals surface area contributed by atoms with E-state index in [2.05, 4.69) is 101 Å². The summed E-state index contributed by atoms with van der Waals surface area (Å²) in [6.45, 7) is 15.6. The summed E-state index contributed by atoms with van der Waals surface area (Å²) in [4.78, 5) is 4.95. The van der Waals surface area contributed by atoms with E-state index in [0.717, 1.165) is 29.1 Å². The summed E-state index contributed by atoms with van der Waals surface area (Å²) in [5.74, 6) is 1.07. The van der Waals surface area contributed by atoms with Crippen LogP contribution in [0.4, 0.5) is 5.82 Å². The van der Waals surface area contributed by atoms with E-state index in [0.29, 0.717) is 0 Å². The van der Waals surface area contributed by atoms with Gasteiger partial charge in [-0.2, -0.15) is 0 Å². The molecule has 2 aromatic heterocycles. The van der Waals surface area contributed by atoms with Gasteiger partial charge < -0.3 is 5.32 Å². The van der Waals surface area contributed by atoms with Crippen LogP contribution in [0.5, 0.6) is 0 Å². The van der Waals surface area contributed by atoms with E-state index in [1.807, 2.05) is 0 Å². The number of aryl methyl sites for hydroxylation is 2. The Morgan fingerprint density at radius 2 is 1.58 bits per heavy atom. The molecule has 0 fully saturated rings. The van der Waals surface area contributed by atoms with Crippen molar-refractivity contribution in [2.45, 2.75) is 60.4 Å². The van der Waals surface area contributed by atoms with Gasteiger partial charge in [0.1, 0.15) is 17.2 Å². The third-order valence-corrected chi connectivity index (χ3v) is 4.54. The molecule has 0 aliphatic carbocycles. The highest BCUT2D eigenvalue weighted by atomic mass is 15.2. The lowest BCUT2D eigenvalue weighted by molar-refractivity contribution is 0.302. The molecule has 3 heteroatoms. The molecule has 0 unspecified atom stereocenters. The lowest BCUT2D eigenvalue weighted by Crippen LogP contribution is -2.36. The molecular weight excluding hydrogens is 318 g/mol. The maximum absolute atomic E-state index is 4.95. The Hall–Kier alpha value is -2.29. The van der Waals surface area contributed by atoms with Gasteiger partial charge >= 0.3 is 0 Å². The molecule has 0 aliphatic heterocycles. The predicted molar refractivity (Wildman–Crippen MR) is 112 cm³/mol. The van der Waals surface area contributed by atoms with Crippen molar-refractivity contribution in [2.75, 3.05) is 5.32 Å². The van der Waals surface area contributed by atoms with Crippen LogP contribution < -0.4 is 5.32 Å². The van der Waals surface area contributed by atoms with Crippen LogP contribution in [-0.4, -0.2) is 14.9 Å². The van der Waals surface area contributed by atoms with Crippen LogP contribution in [0.15, 0.2) is 42.6 Å². The van der Waals surface area contributed by atoms with E-state index < -0.39 is 0 Å². The van der Waals surface area contributed by atoms with Crippen LogP contribution in [0.2, 0.25) is 0 Å². The van der Waals surface area contributed by atoms with Gasteiger partial charge in [0.25, 0.3) is 0 Å². The minimum atomic E-state index is -0.0431. The summed E-state index contributed by atoms with van der Waals surface area (Å²) in [5, 5.41) is 3.80. The number of hydrogen-bond donors (Lipinski definition) is 1. The number of anilines is 1. The maximum Gasteiger partial charge on any atom is 0.139 e. The molecule has 3 rings (SSSR count). The normalized spacial score (nSPS) is 12.6. The van der Waals surface area contributed by atoms with Gasteiger partial charge in [0.05, 0.1) is 0 Å². The van der Waals surface area contributed by atoms with Crippen LogP contribution >= 0.6 is 0 Å². The number of hydrogen-bond acceptors (Lipinski definition) is 2. The van der Waals surface area contributed by atoms with Gasteiger partial charge in [-0.15, -0.1) is 0 Å². The van der Waals surface area contributed by atoms with Gasteiger partial charge in [-0.05, 0) is 57.2 Å². The molecule has 0 bridgehead atoms. The van der Waals surface area contributed by atoms with Gasteiger partial charge in [0, 0.05) is 17.3 Å². The molecule has 0 radical (unpaired) electrons. The Labute approximate surface area is 157 Å².